The van der Waals surface area contributed by atoms with E-state index in [4.69, 9.17) is 0 Å². The highest BCUT2D eigenvalue weighted by molar-refractivity contribution is 7.89. The maximum atomic E-state index is 13.2. The number of aromatic nitrogens is 5. The largest absolute Gasteiger partial charge is 0.511 e. The predicted octanol–water partition coefficient (Wildman–Crippen LogP) is 2.05. The Morgan fingerprint density at radius 2 is 1.85 bits per heavy atom. The van der Waals surface area contributed by atoms with Gasteiger partial charge in [-0.25, -0.2) is 23.1 Å². The molecule has 0 saturated heterocycles. The first-order valence-electron chi connectivity index (χ1n) is 12.5. The van der Waals surface area contributed by atoms with Gasteiger partial charge in [0.05, 0.1) is 25.3 Å². The molecule has 2 aromatic heterocycles. The van der Waals surface area contributed by atoms with E-state index in [0.29, 0.717) is 47.4 Å². The van der Waals surface area contributed by atoms with E-state index in [0.717, 1.165) is 29.2 Å². The number of nitrogens with zero attached hydrogens (tertiary/aromatic N) is 7. The molecule has 0 spiro atoms. The number of halogens is 3. The number of fused-ring (bicyclic) bond motifs is 2. The third kappa shape index (κ3) is 5.05. The van der Waals surface area contributed by atoms with E-state index in [9.17, 15) is 26.4 Å². The van der Waals surface area contributed by atoms with Gasteiger partial charge in [-0.3, -0.25) is 9.69 Å². The van der Waals surface area contributed by atoms with Gasteiger partial charge in [0, 0.05) is 31.7 Å². The van der Waals surface area contributed by atoms with Crippen molar-refractivity contribution in [2.45, 2.75) is 58.5 Å². The summed E-state index contributed by atoms with van der Waals surface area (Å²) in [6.45, 7) is 5.52. The van der Waals surface area contributed by atoms with Gasteiger partial charge in [0.15, 0.2) is 5.82 Å². The Hall–Kier alpha value is -3.30. The van der Waals surface area contributed by atoms with Gasteiger partial charge in [-0.1, -0.05) is 19.1 Å². The van der Waals surface area contributed by atoms with Crippen LogP contribution in [0.1, 0.15) is 45.9 Å². The van der Waals surface area contributed by atoms with Crippen molar-refractivity contribution in [3.05, 3.63) is 52.4 Å². The van der Waals surface area contributed by atoms with Crippen molar-refractivity contribution in [2.24, 2.45) is 0 Å². The minimum absolute atomic E-state index is 0.0327. The predicted molar refractivity (Wildman–Crippen MR) is 135 cm³/mol. The van der Waals surface area contributed by atoms with Crippen LogP contribution in [0.15, 0.2) is 18.2 Å². The second kappa shape index (κ2) is 10.0. The number of hydrogen-bond donors (Lipinski definition) is 1. The van der Waals surface area contributed by atoms with Crippen LogP contribution in [0.25, 0.3) is 11.4 Å². The molecule has 2 aliphatic heterocycles. The lowest BCUT2D eigenvalue weighted by atomic mass is 10.0. The number of carbonyl (C=O) groups excluding carboxylic acids is 1. The number of nitrogens with one attached hydrogen (secondary N) is 1. The molecule has 1 aromatic carbocycles. The third-order valence-corrected chi connectivity index (χ3v) is 8.66. The van der Waals surface area contributed by atoms with Gasteiger partial charge in [-0.2, -0.15) is 22.6 Å². The van der Waals surface area contributed by atoms with Crippen molar-refractivity contribution >= 4 is 15.9 Å². The summed E-state index contributed by atoms with van der Waals surface area (Å²) in [6.07, 6.45) is 0.654. The average molecular weight is 567 g/mol. The number of hydrogen-bond acceptors (Lipinski definition) is 7. The van der Waals surface area contributed by atoms with Crippen LogP contribution in [0.2, 0.25) is 0 Å². The number of imidazole rings is 1. The van der Waals surface area contributed by atoms with E-state index in [1.54, 1.807) is 6.07 Å². The van der Waals surface area contributed by atoms with Crippen LogP contribution in [-0.4, -0.2) is 73.5 Å². The fourth-order valence-electron chi connectivity index (χ4n) is 4.89. The van der Waals surface area contributed by atoms with E-state index >= 15 is 0 Å². The molecule has 2 aliphatic rings. The van der Waals surface area contributed by atoms with Crippen LogP contribution >= 0.6 is 0 Å². The molecule has 11 nitrogen and oxygen atoms in total. The van der Waals surface area contributed by atoms with E-state index in [1.807, 2.05) is 37.6 Å². The minimum atomic E-state index is -5.44. The zero-order chi connectivity index (χ0) is 28.1. The summed E-state index contributed by atoms with van der Waals surface area (Å²) in [6, 6.07) is 5.45. The zero-order valence-electron chi connectivity index (χ0n) is 21.8. The maximum Gasteiger partial charge on any atom is 0.511 e. The van der Waals surface area contributed by atoms with Crippen molar-refractivity contribution in [1.82, 2.24) is 38.8 Å². The first kappa shape index (κ1) is 27.3. The van der Waals surface area contributed by atoms with Crippen molar-refractivity contribution in [3.63, 3.8) is 0 Å². The average Bonchev–Trinajstić information content (AvgIpc) is 3.47. The summed E-state index contributed by atoms with van der Waals surface area (Å²) in [5.74, 6) is 1.14. The Morgan fingerprint density at radius 1 is 1.08 bits per heavy atom. The van der Waals surface area contributed by atoms with E-state index in [2.05, 4.69) is 25.3 Å². The molecule has 1 N–H and O–H groups in total. The molecule has 0 unspecified atom stereocenters. The highest BCUT2D eigenvalue weighted by atomic mass is 32.2. The lowest BCUT2D eigenvalue weighted by Gasteiger charge is -2.26. The van der Waals surface area contributed by atoms with Crippen LogP contribution in [0, 0.1) is 6.92 Å². The highest BCUT2D eigenvalue weighted by Crippen LogP contribution is 2.30. The quantitative estimate of drug-likeness (QED) is 0.485. The van der Waals surface area contributed by atoms with E-state index in [1.165, 1.54) is 4.68 Å². The number of alkyl halides is 3. The molecule has 39 heavy (non-hydrogen) atoms. The first-order valence-corrected chi connectivity index (χ1v) is 14.0. The summed E-state index contributed by atoms with van der Waals surface area (Å²) in [5.41, 5.74) is -1.60. The minimum Gasteiger partial charge on any atom is -0.347 e. The molecule has 0 fully saturated rings. The van der Waals surface area contributed by atoms with Crippen LogP contribution in [0.3, 0.4) is 0 Å². The standard InChI is InChI=1S/C24H29F3N8O3S/c1-4-18-21(34-9-7-32(3)13-19(34)29-18)23(36)28-12-17-6-5-16(11-15(17)2)22-30-20-14-33(8-10-35(20)31-22)39(37,38)24(25,26)27/h5-6,11H,4,7-10,12-14H2,1-3H3,(H,28,36). The zero-order valence-corrected chi connectivity index (χ0v) is 22.6. The van der Waals surface area contributed by atoms with E-state index < -0.39 is 22.1 Å². The SMILES string of the molecule is CCc1nc2n(c1C(=O)NCc1ccc(-c3nc4n(n3)CCN(S(=O)(=O)C(F)(F)F)C4)cc1C)CCN(C)C2. The maximum absolute atomic E-state index is 13.2. The molecule has 5 rings (SSSR count). The van der Waals surface area contributed by atoms with Gasteiger partial charge in [0.25, 0.3) is 5.91 Å². The Morgan fingerprint density at radius 3 is 2.54 bits per heavy atom. The van der Waals surface area contributed by atoms with Gasteiger partial charge in [-0.05, 0) is 37.6 Å². The number of carbonyl (C=O) groups is 1. The van der Waals surface area contributed by atoms with Crippen molar-refractivity contribution in [1.29, 1.82) is 0 Å². The normalized spacial score (nSPS) is 16.7. The van der Waals surface area contributed by atoms with Crippen molar-refractivity contribution < 1.29 is 26.4 Å². The fourth-order valence-corrected chi connectivity index (χ4v) is 5.79. The number of aryl methyl sites for hydroxylation is 2. The Bertz CT molecular complexity index is 1530. The molecule has 210 valence electrons. The molecule has 0 bridgehead atoms. The van der Waals surface area contributed by atoms with Gasteiger partial charge in [0.1, 0.15) is 17.3 Å². The second-order valence-corrected chi connectivity index (χ2v) is 11.7. The van der Waals surface area contributed by atoms with E-state index in [-0.39, 0.29) is 24.8 Å². The fraction of sp³-hybridized carbons (Fsp3) is 0.500. The van der Waals surface area contributed by atoms with Gasteiger partial charge in [-0.15, -0.1) is 0 Å². The highest BCUT2D eigenvalue weighted by Gasteiger charge is 2.50. The monoisotopic (exact) mass is 566 g/mol. The molecule has 0 saturated carbocycles. The molecule has 0 radical (unpaired) electrons. The molecule has 0 atom stereocenters. The third-order valence-electron chi connectivity index (χ3n) is 7.09. The summed E-state index contributed by atoms with van der Waals surface area (Å²) in [5, 5.41) is 7.37. The van der Waals surface area contributed by atoms with Crippen molar-refractivity contribution in [2.75, 3.05) is 20.1 Å². The topological polar surface area (TPSA) is 118 Å². The number of amides is 1. The summed E-state index contributed by atoms with van der Waals surface area (Å²) >= 11 is 0. The summed E-state index contributed by atoms with van der Waals surface area (Å²) < 4.78 is 66.3. The van der Waals surface area contributed by atoms with Crippen LogP contribution in [0.5, 0.6) is 0 Å². The number of sulfonamides is 1. The smallest absolute Gasteiger partial charge is 0.347 e. The second-order valence-electron chi connectivity index (χ2n) is 9.75. The lowest BCUT2D eigenvalue weighted by Crippen LogP contribution is -2.44. The van der Waals surface area contributed by atoms with Gasteiger partial charge < -0.3 is 9.88 Å². The molecule has 3 aromatic rings. The molecule has 15 heteroatoms. The first-order chi connectivity index (χ1) is 18.4. The number of likely N-dealkylation sites (N-methyl/N-ethyl adjacent to an activating group) is 1. The lowest BCUT2D eigenvalue weighted by molar-refractivity contribution is -0.0496. The van der Waals surface area contributed by atoms with Crippen LogP contribution < -0.4 is 5.32 Å². The molecule has 4 heterocycles. The molecule has 0 aliphatic carbocycles. The van der Waals surface area contributed by atoms with Crippen LogP contribution in [-0.2, 0) is 49.2 Å². The molecular weight excluding hydrogens is 537 g/mol. The molecular formula is C24H29F3N8O3S. The van der Waals surface area contributed by atoms with Crippen LogP contribution in [0.4, 0.5) is 13.2 Å². The number of rotatable bonds is 6. The number of benzene rings is 1. The van der Waals surface area contributed by atoms with Gasteiger partial charge >= 0.3 is 15.5 Å². The van der Waals surface area contributed by atoms with Crippen molar-refractivity contribution in [3.8, 4) is 11.4 Å². The Balaban J connectivity index is 1.29. The summed E-state index contributed by atoms with van der Waals surface area (Å²) in [7, 11) is -3.42. The summed E-state index contributed by atoms with van der Waals surface area (Å²) in [4.78, 5) is 24.3. The Labute approximate surface area is 223 Å². The van der Waals surface area contributed by atoms with Gasteiger partial charge in [0.2, 0.25) is 0 Å². The molecule has 1 amide bonds. The Kier molecular flexibility index (Phi) is 7.01.